The van der Waals surface area contributed by atoms with Gasteiger partial charge in [-0.2, -0.15) is 0 Å². The van der Waals surface area contributed by atoms with Crippen molar-refractivity contribution in [3.05, 3.63) is 59.4 Å². The molecule has 0 bridgehead atoms. The fourth-order valence-corrected chi connectivity index (χ4v) is 2.78. The summed E-state index contributed by atoms with van der Waals surface area (Å²) >= 11 is 0. The minimum Gasteiger partial charge on any atom is -0.388 e. The lowest BCUT2D eigenvalue weighted by atomic mass is 10.0. The number of nitrogens with zero attached hydrogens (tertiary/aromatic N) is 2. The molecule has 0 spiro atoms. The number of anilines is 1. The Bertz CT molecular complexity index is 669. The lowest BCUT2D eigenvalue weighted by Gasteiger charge is -2.23. The van der Waals surface area contributed by atoms with Gasteiger partial charge in [0.05, 0.1) is 6.10 Å². The van der Waals surface area contributed by atoms with Crippen molar-refractivity contribution < 1.29 is 9.90 Å². The highest BCUT2D eigenvalue weighted by molar-refractivity contribution is 6.06. The van der Waals surface area contributed by atoms with Crippen LogP contribution in [0.4, 0.5) is 5.69 Å². The Morgan fingerprint density at radius 1 is 1.29 bits per heavy atom. The Morgan fingerprint density at radius 2 is 2.10 bits per heavy atom. The molecule has 0 saturated heterocycles. The largest absolute Gasteiger partial charge is 0.388 e. The molecule has 1 unspecified atom stereocenters. The van der Waals surface area contributed by atoms with Crippen molar-refractivity contribution in [3.63, 3.8) is 0 Å². The highest BCUT2D eigenvalue weighted by Gasteiger charge is 2.27. The van der Waals surface area contributed by atoms with Crippen LogP contribution in [0, 0.1) is 6.92 Å². The third-order valence-corrected chi connectivity index (χ3v) is 3.90. The summed E-state index contributed by atoms with van der Waals surface area (Å²) in [4.78, 5) is 18.8. The van der Waals surface area contributed by atoms with Crippen LogP contribution in [-0.4, -0.2) is 22.5 Å². The van der Waals surface area contributed by atoms with Gasteiger partial charge in [-0.05, 0) is 37.5 Å². The van der Waals surface area contributed by atoms with Crippen LogP contribution in [0.2, 0.25) is 0 Å². The molecule has 3 rings (SSSR count). The van der Waals surface area contributed by atoms with Crippen LogP contribution in [-0.2, 0) is 0 Å². The number of fused-ring (bicyclic) bond motifs is 1. The number of amides is 1. The highest BCUT2D eigenvalue weighted by Crippen LogP contribution is 2.33. The first-order valence-corrected chi connectivity index (χ1v) is 7.19. The van der Waals surface area contributed by atoms with Crippen LogP contribution in [0.15, 0.2) is 42.6 Å². The predicted octanol–water partition coefficient (Wildman–Crippen LogP) is 2.86. The first-order valence-electron chi connectivity index (χ1n) is 7.19. The number of aromatic nitrogens is 1. The average Bonchev–Trinajstić information content (AvgIpc) is 2.67. The van der Waals surface area contributed by atoms with Gasteiger partial charge in [-0.3, -0.25) is 9.78 Å². The van der Waals surface area contributed by atoms with Gasteiger partial charge in [0.1, 0.15) is 5.69 Å². The molecule has 0 fully saturated rings. The normalized spacial score (nSPS) is 18.0. The first kappa shape index (κ1) is 13.8. The number of aryl methyl sites for hydroxylation is 1. The van der Waals surface area contributed by atoms with Crippen LogP contribution in [0.25, 0.3) is 0 Å². The van der Waals surface area contributed by atoms with E-state index in [0.29, 0.717) is 18.7 Å². The molecule has 1 amide bonds. The Morgan fingerprint density at radius 3 is 2.90 bits per heavy atom. The third kappa shape index (κ3) is 2.54. The molecule has 108 valence electrons. The van der Waals surface area contributed by atoms with E-state index in [1.807, 2.05) is 43.3 Å². The van der Waals surface area contributed by atoms with Gasteiger partial charge in [0.2, 0.25) is 0 Å². The van der Waals surface area contributed by atoms with Crippen molar-refractivity contribution in [1.82, 2.24) is 4.98 Å². The van der Waals surface area contributed by atoms with Gasteiger partial charge < -0.3 is 10.0 Å². The molecule has 0 saturated carbocycles. The second-order valence-corrected chi connectivity index (χ2v) is 5.34. The smallest absolute Gasteiger partial charge is 0.277 e. The number of hydrogen-bond donors (Lipinski definition) is 1. The fourth-order valence-electron chi connectivity index (χ4n) is 2.78. The molecule has 1 aliphatic rings. The minimum absolute atomic E-state index is 0.102. The van der Waals surface area contributed by atoms with E-state index in [9.17, 15) is 9.90 Å². The van der Waals surface area contributed by atoms with E-state index in [4.69, 9.17) is 0 Å². The third-order valence-electron chi connectivity index (χ3n) is 3.90. The van der Waals surface area contributed by atoms with Crippen LogP contribution in [0.5, 0.6) is 0 Å². The van der Waals surface area contributed by atoms with Gasteiger partial charge in [0, 0.05) is 24.0 Å². The molecule has 0 aliphatic carbocycles. The fraction of sp³-hybridized carbons (Fsp3) is 0.294. The zero-order chi connectivity index (χ0) is 14.8. The number of para-hydroxylation sites is 1. The van der Waals surface area contributed by atoms with Gasteiger partial charge in [-0.15, -0.1) is 0 Å². The number of rotatable bonds is 1. The Hall–Kier alpha value is -2.20. The molecule has 1 N–H and O–H groups in total. The number of hydrogen-bond acceptors (Lipinski definition) is 3. The van der Waals surface area contributed by atoms with Crippen LogP contribution < -0.4 is 4.90 Å². The molecule has 2 heterocycles. The van der Waals surface area contributed by atoms with Crippen molar-refractivity contribution in [3.8, 4) is 0 Å². The van der Waals surface area contributed by atoms with E-state index in [1.54, 1.807) is 11.1 Å². The van der Waals surface area contributed by atoms with Gasteiger partial charge in [0.15, 0.2) is 0 Å². The standard InChI is InChI=1S/C17H18N2O2/c1-12-6-4-10-18-16(12)17(21)19-11-5-9-15(20)13-7-2-3-8-14(13)19/h2-4,6-8,10,15,20H,5,9,11H2,1H3. The van der Waals surface area contributed by atoms with Crippen molar-refractivity contribution in [1.29, 1.82) is 0 Å². The number of aliphatic hydroxyl groups is 1. The zero-order valence-corrected chi connectivity index (χ0v) is 12.0. The van der Waals surface area contributed by atoms with Crippen molar-refractivity contribution in [2.45, 2.75) is 25.9 Å². The SMILES string of the molecule is Cc1cccnc1C(=O)N1CCCC(O)c2ccccc21. The molecule has 0 radical (unpaired) electrons. The predicted molar refractivity (Wildman–Crippen MR) is 81.3 cm³/mol. The van der Waals surface area contributed by atoms with E-state index in [0.717, 1.165) is 23.2 Å². The van der Waals surface area contributed by atoms with Crippen molar-refractivity contribution in [2.75, 3.05) is 11.4 Å². The molecule has 1 aromatic carbocycles. The van der Waals surface area contributed by atoms with Gasteiger partial charge in [-0.25, -0.2) is 0 Å². The van der Waals surface area contributed by atoms with E-state index in [1.165, 1.54) is 0 Å². The molecule has 2 aromatic rings. The number of aliphatic hydroxyl groups excluding tert-OH is 1. The molecular weight excluding hydrogens is 264 g/mol. The molecule has 1 aromatic heterocycles. The molecule has 4 nitrogen and oxygen atoms in total. The lowest BCUT2D eigenvalue weighted by molar-refractivity contribution is 0.0981. The van der Waals surface area contributed by atoms with E-state index in [2.05, 4.69) is 4.98 Å². The van der Waals surface area contributed by atoms with Crippen LogP contribution in [0.3, 0.4) is 0 Å². The maximum absolute atomic E-state index is 12.8. The van der Waals surface area contributed by atoms with E-state index in [-0.39, 0.29) is 5.91 Å². The van der Waals surface area contributed by atoms with Crippen molar-refractivity contribution >= 4 is 11.6 Å². The summed E-state index contributed by atoms with van der Waals surface area (Å²) in [5, 5.41) is 10.2. The Balaban J connectivity index is 2.04. The first-order chi connectivity index (χ1) is 10.2. The number of carbonyl (C=O) groups is 1. The average molecular weight is 282 g/mol. The summed E-state index contributed by atoms with van der Waals surface area (Å²) in [5.74, 6) is -0.102. The van der Waals surface area contributed by atoms with Gasteiger partial charge >= 0.3 is 0 Å². The quantitative estimate of drug-likeness (QED) is 0.875. The lowest BCUT2D eigenvalue weighted by Crippen LogP contribution is -2.32. The summed E-state index contributed by atoms with van der Waals surface area (Å²) in [6.07, 6.45) is 2.57. The second-order valence-electron chi connectivity index (χ2n) is 5.34. The number of carbonyl (C=O) groups excluding carboxylic acids is 1. The Labute approximate surface area is 124 Å². The van der Waals surface area contributed by atoms with Crippen LogP contribution in [0.1, 0.15) is 40.6 Å². The molecule has 1 aliphatic heterocycles. The van der Waals surface area contributed by atoms with Gasteiger partial charge in [0.25, 0.3) is 5.91 Å². The summed E-state index contributed by atoms with van der Waals surface area (Å²) in [6, 6.07) is 11.3. The topological polar surface area (TPSA) is 53.4 Å². The summed E-state index contributed by atoms with van der Waals surface area (Å²) in [5.41, 5.74) is 2.95. The van der Waals surface area contributed by atoms with Crippen LogP contribution >= 0.6 is 0 Å². The molecule has 1 atom stereocenters. The number of benzene rings is 1. The zero-order valence-electron chi connectivity index (χ0n) is 12.0. The maximum atomic E-state index is 12.8. The van der Waals surface area contributed by atoms with Gasteiger partial charge in [-0.1, -0.05) is 24.3 Å². The summed E-state index contributed by atoms with van der Waals surface area (Å²) in [6.45, 7) is 2.49. The van der Waals surface area contributed by atoms with E-state index >= 15 is 0 Å². The highest BCUT2D eigenvalue weighted by atomic mass is 16.3. The monoisotopic (exact) mass is 282 g/mol. The molecular formula is C17H18N2O2. The number of pyridine rings is 1. The summed E-state index contributed by atoms with van der Waals surface area (Å²) in [7, 11) is 0. The van der Waals surface area contributed by atoms with Crippen molar-refractivity contribution in [2.24, 2.45) is 0 Å². The molecule has 21 heavy (non-hydrogen) atoms. The second kappa shape index (κ2) is 5.66. The maximum Gasteiger partial charge on any atom is 0.277 e. The summed E-state index contributed by atoms with van der Waals surface area (Å²) < 4.78 is 0. The molecule has 4 heteroatoms. The minimum atomic E-state index is -0.510. The Kier molecular flexibility index (Phi) is 3.71. The van der Waals surface area contributed by atoms with E-state index < -0.39 is 6.10 Å².